The fraction of sp³-hybridized carbons (Fsp3) is 0.115. The van der Waals surface area contributed by atoms with Gasteiger partial charge in [0.25, 0.3) is 5.91 Å². The molecule has 32 heavy (non-hydrogen) atoms. The minimum absolute atomic E-state index is 0.139. The summed E-state index contributed by atoms with van der Waals surface area (Å²) in [6.45, 7) is 4.11. The second-order valence-electron chi connectivity index (χ2n) is 7.62. The first-order valence-corrected chi connectivity index (χ1v) is 10.3. The molecular weight excluding hydrogens is 400 g/mol. The fourth-order valence-electron chi connectivity index (χ4n) is 3.54. The minimum Gasteiger partial charge on any atom is -0.338 e. The first kappa shape index (κ1) is 21.1. The summed E-state index contributed by atoms with van der Waals surface area (Å²) in [6, 6.07) is 20.9. The van der Waals surface area contributed by atoms with Crippen LogP contribution in [0.3, 0.4) is 0 Å². The van der Waals surface area contributed by atoms with Crippen molar-refractivity contribution >= 4 is 23.2 Å². The van der Waals surface area contributed by atoms with E-state index in [1.165, 1.54) is 12.5 Å². The third kappa shape index (κ3) is 4.92. The molecule has 0 spiro atoms. The topological polar surface area (TPSA) is 76.0 Å². The Morgan fingerprint density at radius 3 is 2.19 bits per heavy atom. The standard InChI is InChI=1S/C26H24N4O2/c1-18-5-3-4-6-21(18)16-30-17-22(20-11-13-27-14-12-20)15-25(30)26(32)29-24-9-7-23(8-10-24)28-19(2)31/h3-15,17H,16H2,1-2H3,(H,28,31)(H,29,32). The molecule has 2 aromatic carbocycles. The smallest absolute Gasteiger partial charge is 0.272 e. The fourth-order valence-corrected chi connectivity index (χ4v) is 3.54. The van der Waals surface area contributed by atoms with Gasteiger partial charge in [-0.25, -0.2) is 0 Å². The molecule has 160 valence electrons. The van der Waals surface area contributed by atoms with Crippen molar-refractivity contribution in [3.05, 3.63) is 102 Å². The van der Waals surface area contributed by atoms with Crippen LogP contribution in [0.5, 0.6) is 0 Å². The highest BCUT2D eigenvalue weighted by Crippen LogP contribution is 2.24. The number of carbonyl (C=O) groups excluding carboxylic acids is 2. The van der Waals surface area contributed by atoms with Crippen molar-refractivity contribution in [2.75, 3.05) is 10.6 Å². The Balaban J connectivity index is 1.63. The Bertz CT molecular complexity index is 1240. The van der Waals surface area contributed by atoms with Gasteiger partial charge in [-0.15, -0.1) is 0 Å². The zero-order chi connectivity index (χ0) is 22.5. The van der Waals surface area contributed by atoms with Crippen LogP contribution in [0.15, 0.2) is 85.3 Å². The van der Waals surface area contributed by atoms with E-state index in [0.29, 0.717) is 23.6 Å². The normalized spacial score (nSPS) is 10.6. The molecule has 0 fully saturated rings. The van der Waals surface area contributed by atoms with Crippen molar-refractivity contribution in [2.24, 2.45) is 0 Å². The van der Waals surface area contributed by atoms with Gasteiger partial charge in [-0.1, -0.05) is 24.3 Å². The van der Waals surface area contributed by atoms with Gasteiger partial charge in [0.2, 0.25) is 5.91 Å². The lowest BCUT2D eigenvalue weighted by atomic mass is 10.1. The number of benzene rings is 2. The molecule has 2 N–H and O–H groups in total. The van der Waals surface area contributed by atoms with Gasteiger partial charge in [-0.05, 0) is 66.1 Å². The Morgan fingerprint density at radius 2 is 1.53 bits per heavy atom. The largest absolute Gasteiger partial charge is 0.338 e. The van der Waals surface area contributed by atoms with Gasteiger partial charge in [-0.3, -0.25) is 14.6 Å². The van der Waals surface area contributed by atoms with Gasteiger partial charge in [0.15, 0.2) is 0 Å². The maximum atomic E-state index is 13.2. The number of hydrogen-bond acceptors (Lipinski definition) is 3. The summed E-state index contributed by atoms with van der Waals surface area (Å²) in [6.07, 6.45) is 5.48. The Morgan fingerprint density at radius 1 is 0.875 bits per heavy atom. The van der Waals surface area contributed by atoms with Crippen LogP contribution >= 0.6 is 0 Å². The van der Waals surface area contributed by atoms with E-state index in [-0.39, 0.29) is 11.8 Å². The van der Waals surface area contributed by atoms with Crippen LogP contribution in [-0.2, 0) is 11.3 Å². The summed E-state index contributed by atoms with van der Waals surface area (Å²) < 4.78 is 1.97. The molecule has 0 unspecified atom stereocenters. The monoisotopic (exact) mass is 424 g/mol. The SMILES string of the molecule is CC(=O)Nc1ccc(NC(=O)c2cc(-c3ccncc3)cn2Cc2ccccc2C)cc1. The van der Waals surface area contributed by atoms with Gasteiger partial charge >= 0.3 is 0 Å². The highest BCUT2D eigenvalue weighted by atomic mass is 16.2. The highest BCUT2D eigenvalue weighted by molar-refractivity contribution is 6.04. The van der Waals surface area contributed by atoms with E-state index in [4.69, 9.17) is 0 Å². The average Bonchev–Trinajstić information content (AvgIpc) is 3.21. The van der Waals surface area contributed by atoms with Crippen molar-refractivity contribution in [2.45, 2.75) is 20.4 Å². The van der Waals surface area contributed by atoms with E-state index in [2.05, 4.69) is 34.7 Å². The van der Waals surface area contributed by atoms with E-state index in [0.717, 1.165) is 16.7 Å². The predicted molar refractivity (Wildman–Crippen MR) is 127 cm³/mol. The number of rotatable bonds is 6. The summed E-state index contributed by atoms with van der Waals surface area (Å²) in [4.78, 5) is 28.5. The third-order valence-electron chi connectivity index (χ3n) is 5.21. The molecule has 2 amide bonds. The lowest BCUT2D eigenvalue weighted by Gasteiger charge is -2.12. The number of anilines is 2. The number of pyridine rings is 1. The molecule has 0 atom stereocenters. The van der Waals surface area contributed by atoms with Crippen molar-refractivity contribution in [3.8, 4) is 11.1 Å². The van der Waals surface area contributed by atoms with Crippen molar-refractivity contribution in [1.82, 2.24) is 9.55 Å². The molecular formula is C26H24N4O2. The van der Waals surface area contributed by atoms with Crippen molar-refractivity contribution in [3.63, 3.8) is 0 Å². The first-order valence-electron chi connectivity index (χ1n) is 10.3. The molecule has 4 aromatic rings. The van der Waals surface area contributed by atoms with Crippen molar-refractivity contribution in [1.29, 1.82) is 0 Å². The summed E-state index contributed by atoms with van der Waals surface area (Å²) in [5.74, 6) is -0.342. The number of aryl methyl sites for hydroxylation is 1. The number of nitrogens with zero attached hydrogens (tertiary/aromatic N) is 2. The number of aromatic nitrogens is 2. The molecule has 2 aromatic heterocycles. The Kier molecular flexibility index (Phi) is 6.12. The number of nitrogens with one attached hydrogen (secondary N) is 2. The zero-order valence-corrected chi connectivity index (χ0v) is 18.0. The molecule has 4 rings (SSSR count). The maximum Gasteiger partial charge on any atom is 0.272 e. The van der Waals surface area contributed by atoms with Crippen LogP contribution in [0.25, 0.3) is 11.1 Å². The summed E-state index contributed by atoms with van der Waals surface area (Å²) in [7, 11) is 0. The molecule has 0 radical (unpaired) electrons. The van der Waals surface area contributed by atoms with E-state index < -0.39 is 0 Å². The first-order chi connectivity index (χ1) is 15.5. The minimum atomic E-state index is -0.203. The van der Waals surface area contributed by atoms with E-state index in [1.54, 1.807) is 36.7 Å². The molecule has 0 aliphatic heterocycles. The van der Waals surface area contributed by atoms with E-state index in [1.807, 2.05) is 41.1 Å². The van der Waals surface area contributed by atoms with Crippen LogP contribution in [0.4, 0.5) is 11.4 Å². The molecule has 0 saturated carbocycles. The number of carbonyl (C=O) groups is 2. The molecule has 0 aliphatic carbocycles. The molecule has 0 aliphatic rings. The third-order valence-corrected chi connectivity index (χ3v) is 5.21. The van der Waals surface area contributed by atoms with Crippen LogP contribution in [0.2, 0.25) is 0 Å². The summed E-state index contributed by atoms with van der Waals surface area (Å²) in [5, 5.41) is 5.68. The average molecular weight is 425 g/mol. The van der Waals surface area contributed by atoms with Crippen LogP contribution in [-0.4, -0.2) is 21.4 Å². The van der Waals surface area contributed by atoms with Gasteiger partial charge in [0.05, 0.1) is 0 Å². The summed E-state index contributed by atoms with van der Waals surface area (Å²) in [5.41, 5.74) is 6.16. The van der Waals surface area contributed by atoms with Crippen LogP contribution in [0, 0.1) is 6.92 Å². The van der Waals surface area contributed by atoms with E-state index in [9.17, 15) is 9.59 Å². The molecule has 6 nitrogen and oxygen atoms in total. The maximum absolute atomic E-state index is 13.2. The Labute approximate surface area is 186 Å². The second-order valence-corrected chi connectivity index (χ2v) is 7.62. The summed E-state index contributed by atoms with van der Waals surface area (Å²) >= 11 is 0. The molecule has 0 bridgehead atoms. The highest BCUT2D eigenvalue weighted by Gasteiger charge is 2.16. The number of amides is 2. The lowest BCUT2D eigenvalue weighted by molar-refractivity contribution is -0.114. The Hall–Kier alpha value is -4.19. The van der Waals surface area contributed by atoms with E-state index >= 15 is 0 Å². The quantitative estimate of drug-likeness (QED) is 0.451. The predicted octanol–water partition coefficient (Wildman–Crippen LogP) is 5.12. The van der Waals surface area contributed by atoms with Gasteiger partial charge in [0.1, 0.15) is 5.69 Å². The van der Waals surface area contributed by atoms with Gasteiger partial charge < -0.3 is 15.2 Å². The molecule has 6 heteroatoms. The van der Waals surface area contributed by atoms with Gasteiger partial charge in [-0.2, -0.15) is 0 Å². The zero-order valence-electron chi connectivity index (χ0n) is 18.0. The number of hydrogen-bond donors (Lipinski definition) is 2. The van der Waals surface area contributed by atoms with Crippen LogP contribution in [0.1, 0.15) is 28.5 Å². The van der Waals surface area contributed by atoms with Crippen LogP contribution < -0.4 is 10.6 Å². The van der Waals surface area contributed by atoms with Gasteiger partial charge in [0, 0.05) is 49.0 Å². The van der Waals surface area contributed by atoms with Crippen molar-refractivity contribution < 1.29 is 9.59 Å². The second kappa shape index (κ2) is 9.31. The lowest BCUT2D eigenvalue weighted by Crippen LogP contribution is -2.17. The molecule has 0 saturated heterocycles. The molecule has 2 heterocycles.